The fraction of sp³-hybridized carbons (Fsp3) is 0.300. The van der Waals surface area contributed by atoms with E-state index in [9.17, 15) is 19.7 Å². The van der Waals surface area contributed by atoms with Crippen molar-refractivity contribution in [2.45, 2.75) is 13.0 Å². The molecular formula is C20H23ClN4O5. The maximum Gasteiger partial charge on any atom is 0.271 e. The Morgan fingerprint density at radius 2 is 1.97 bits per heavy atom. The second-order valence-corrected chi connectivity index (χ2v) is 6.62. The van der Waals surface area contributed by atoms with Crippen molar-refractivity contribution in [3.05, 3.63) is 64.2 Å². The highest BCUT2D eigenvalue weighted by molar-refractivity contribution is 6.02. The number of carbonyl (C=O) groups excluding carboxylic acids is 2. The summed E-state index contributed by atoms with van der Waals surface area (Å²) >= 11 is 0. The van der Waals surface area contributed by atoms with E-state index in [-0.39, 0.29) is 42.8 Å². The van der Waals surface area contributed by atoms with Crippen LogP contribution in [-0.4, -0.2) is 47.9 Å². The number of nitro groups is 1. The van der Waals surface area contributed by atoms with Crippen molar-refractivity contribution >= 4 is 35.6 Å². The van der Waals surface area contributed by atoms with Crippen LogP contribution in [0.3, 0.4) is 0 Å². The van der Waals surface area contributed by atoms with Gasteiger partial charge in [0, 0.05) is 25.2 Å². The molecule has 0 radical (unpaired) electrons. The van der Waals surface area contributed by atoms with Gasteiger partial charge < -0.3 is 15.4 Å². The Kier molecular flexibility index (Phi) is 8.14. The van der Waals surface area contributed by atoms with E-state index in [2.05, 4.69) is 0 Å². The van der Waals surface area contributed by atoms with Crippen LogP contribution in [0.25, 0.3) is 0 Å². The van der Waals surface area contributed by atoms with Crippen LogP contribution in [-0.2, 0) is 16.1 Å². The van der Waals surface area contributed by atoms with Gasteiger partial charge >= 0.3 is 0 Å². The van der Waals surface area contributed by atoms with Gasteiger partial charge in [-0.3, -0.25) is 24.6 Å². The van der Waals surface area contributed by atoms with Crippen molar-refractivity contribution in [3.8, 4) is 5.75 Å². The molecule has 3 rings (SSSR count). The van der Waals surface area contributed by atoms with Crippen LogP contribution in [0, 0.1) is 10.1 Å². The molecule has 30 heavy (non-hydrogen) atoms. The molecule has 0 atom stereocenters. The van der Waals surface area contributed by atoms with Crippen LogP contribution in [0.2, 0.25) is 0 Å². The van der Waals surface area contributed by atoms with Crippen LogP contribution in [0.5, 0.6) is 5.75 Å². The first-order valence-electron chi connectivity index (χ1n) is 9.23. The second kappa shape index (κ2) is 10.6. The van der Waals surface area contributed by atoms with Crippen molar-refractivity contribution in [3.63, 3.8) is 0 Å². The summed E-state index contributed by atoms with van der Waals surface area (Å²) in [6, 6.07) is 13.5. The largest absolute Gasteiger partial charge is 0.482 e. The Labute approximate surface area is 180 Å². The summed E-state index contributed by atoms with van der Waals surface area (Å²) < 4.78 is 5.35. The van der Waals surface area contributed by atoms with Crippen LogP contribution >= 0.6 is 12.4 Å². The summed E-state index contributed by atoms with van der Waals surface area (Å²) in [6.07, 6.45) is 0.623. The zero-order valence-corrected chi connectivity index (χ0v) is 17.0. The molecule has 160 valence electrons. The van der Waals surface area contributed by atoms with E-state index in [0.717, 1.165) is 5.56 Å². The average molecular weight is 435 g/mol. The molecule has 0 spiro atoms. The van der Waals surface area contributed by atoms with E-state index in [0.29, 0.717) is 31.8 Å². The monoisotopic (exact) mass is 434 g/mol. The van der Waals surface area contributed by atoms with Gasteiger partial charge in [0.05, 0.1) is 10.6 Å². The van der Waals surface area contributed by atoms with Crippen LogP contribution in [0.15, 0.2) is 48.5 Å². The highest BCUT2D eigenvalue weighted by Crippen LogP contribution is 2.35. The molecular weight excluding hydrogens is 412 g/mol. The summed E-state index contributed by atoms with van der Waals surface area (Å²) in [6.45, 7) is 0.821. The predicted octanol–water partition coefficient (Wildman–Crippen LogP) is 2.12. The summed E-state index contributed by atoms with van der Waals surface area (Å²) in [5.41, 5.74) is 6.61. The lowest BCUT2D eigenvalue weighted by Gasteiger charge is -2.31. The third-order valence-electron chi connectivity index (χ3n) is 4.59. The molecule has 2 aromatic carbocycles. The number of rotatable bonds is 8. The highest BCUT2D eigenvalue weighted by atomic mass is 35.5. The zero-order valence-electron chi connectivity index (χ0n) is 16.2. The smallest absolute Gasteiger partial charge is 0.271 e. The van der Waals surface area contributed by atoms with Crippen LogP contribution < -0.4 is 15.4 Å². The van der Waals surface area contributed by atoms with Crippen molar-refractivity contribution in [1.82, 2.24) is 4.90 Å². The number of amides is 2. The van der Waals surface area contributed by atoms with Gasteiger partial charge in [-0.05, 0) is 24.6 Å². The standard InChI is InChI=1S/C20H22N4O5.ClH/c21-9-4-10-22(12-15-5-2-1-3-6-15)19(25)13-23-17-11-16(24(27)28)7-8-18(17)29-14-20(23)26;/h1-3,5-8,11H,4,9-10,12-14,21H2;1H. The van der Waals surface area contributed by atoms with Gasteiger partial charge in [0.2, 0.25) is 5.91 Å². The molecule has 9 nitrogen and oxygen atoms in total. The molecule has 1 aliphatic heterocycles. The van der Waals surface area contributed by atoms with Crippen molar-refractivity contribution in [2.24, 2.45) is 5.73 Å². The van der Waals surface area contributed by atoms with Crippen molar-refractivity contribution in [2.75, 3.05) is 31.1 Å². The van der Waals surface area contributed by atoms with E-state index < -0.39 is 10.8 Å². The topological polar surface area (TPSA) is 119 Å². The number of hydrogen-bond donors (Lipinski definition) is 1. The van der Waals surface area contributed by atoms with E-state index in [4.69, 9.17) is 10.5 Å². The number of anilines is 1. The first-order valence-corrected chi connectivity index (χ1v) is 9.23. The first kappa shape index (κ1) is 23.1. The summed E-state index contributed by atoms with van der Waals surface area (Å²) in [4.78, 5) is 38.9. The maximum atomic E-state index is 13.0. The van der Waals surface area contributed by atoms with Gasteiger partial charge in [-0.25, -0.2) is 0 Å². The summed E-state index contributed by atoms with van der Waals surface area (Å²) in [5, 5.41) is 11.1. The molecule has 2 N–H and O–H groups in total. The number of benzene rings is 2. The Balaban J connectivity index is 0.00000320. The predicted molar refractivity (Wildman–Crippen MR) is 114 cm³/mol. The van der Waals surface area contributed by atoms with E-state index in [1.807, 2.05) is 30.3 Å². The molecule has 0 saturated heterocycles. The number of non-ortho nitro benzene ring substituents is 1. The highest BCUT2D eigenvalue weighted by Gasteiger charge is 2.30. The fourth-order valence-corrected chi connectivity index (χ4v) is 3.09. The number of carbonyl (C=O) groups is 2. The Morgan fingerprint density at radius 3 is 2.63 bits per heavy atom. The molecule has 0 fully saturated rings. The molecule has 10 heteroatoms. The van der Waals surface area contributed by atoms with Gasteiger partial charge in [0.1, 0.15) is 12.3 Å². The Bertz CT molecular complexity index is 909. The van der Waals surface area contributed by atoms with Gasteiger partial charge in [0.15, 0.2) is 6.61 Å². The lowest BCUT2D eigenvalue weighted by atomic mass is 10.2. The lowest BCUT2D eigenvalue weighted by Crippen LogP contribution is -2.46. The Hall–Kier alpha value is -3.17. The molecule has 2 aromatic rings. The van der Waals surface area contributed by atoms with Gasteiger partial charge in [0.25, 0.3) is 11.6 Å². The van der Waals surface area contributed by atoms with E-state index in [1.165, 1.54) is 23.1 Å². The quantitative estimate of drug-likeness (QED) is 0.502. The fourth-order valence-electron chi connectivity index (χ4n) is 3.09. The minimum absolute atomic E-state index is 0. The van der Waals surface area contributed by atoms with Crippen LogP contribution in [0.1, 0.15) is 12.0 Å². The van der Waals surface area contributed by atoms with Gasteiger partial charge in [-0.1, -0.05) is 30.3 Å². The number of nitrogens with zero attached hydrogens (tertiary/aromatic N) is 3. The second-order valence-electron chi connectivity index (χ2n) is 6.62. The minimum Gasteiger partial charge on any atom is -0.482 e. The lowest BCUT2D eigenvalue weighted by molar-refractivity contribution is -0.384. The summed E-state index contributed by atoms with van der Waals surface area (Å²) in [5.74, 6) is -0.362. The molecule has 2 amide bonds. The van der Waals surface area contributed by atoms with Crippen molar-refractivity contribution in [1.29, 1.82) is 0 Å². The third-order valence-corrected chi connectivity index (χ3v) is 4.59. The van der Waals surface area contributed by atoms with Crippen LogP contribution in [0.4, 0.5) is 11.4 Å². The molecule has 0 unspecified atom stereocenters. The molecule has 0 aromatic heterocycles. The minimum atomic E-state index is -0.553. The number of hydrogen-bond acceptors (Lipinski definition) is 6. The van der Waals surface area contributed by atoms with Crippen molar-refractivity contribution < 1.29 is 19.2 Å². The number of nitro benzene ring substituents is 1. The Morgan fingerprint density at radius 1 is 1.23 bits per heavy atom. The van der Waals surface area contributed by atoms with Gasteiger partial charge in [-0.15, -0.1) is 12.4 Å². The maximum absolute atomic E-state index is 13.0. The van der Waals surface area contributed by atoms with Gasteiger partial charge in [-0.2, -0.15) is 0 Å². The molecule has 1 heterocycles. The average Bonchev–Trinajstić information content (AvgIpc) is 2.73. The van der Waals surface area contributed by atoms with E-state index >= 15 is 0 Å². The number of ether oxygens (including phenoxy) is 1. The SMILES string of the molecule is Cl.NCCCN(Cc1ccccc1)C(=O)CN1C(=O)COc2ccc([N+](=O)[O-])cc21. The normalized spacial score (nSPS) is 12.4. The number of halogens is 1. The number of nitrogens with two attached hydrogens (primary N) is 1. The molecule has 1 aliphatic rings. The molecule has 0 bridgehead atoms. The van der Waals surface area contributed by atoms with E-state index in [1.54, 1.807) is 4.90 Å². The summed E-state index contributed by atoms with van der Waals surface area (Å²) in [7, 11) is 0. The zero-order chi connectivity index (χ0) is 20.8. The molecule has 0 aliphatic carbocycles. The first-order chi connectivity index (χ1) is 14.0. The third kappa shape index (κ3) is 5.46. The molecule has 0 saturated carbocycles. The number of fused-ring (bicyclic) bond motifs is 1.